The zero-order valence-corrected chi connectivity index (χ0v) is 31.0. The van der Waals surface area contributed by atoms with Crippen LogP contribution in [0.2, 0.25) is 0 Å². The molecule has 0 amide bonds. The number of nitrogens with zero attached hydrogens (tertiary/aromatic N) is 6. The van der Waals surface area contributed by atoms with Gasteiger partial charge in [-0.2, -0.15) is 0 Å². The Hall–Kier alpha value is -6.80. The van der Waals surface area contributed by atoms with Crippen LogP contribution in [-0.2, 0) is 4.79 Å². The first-order valence-corrected chi connectivity index (χ1v) is 17.0. The molecule has 1 atom stereocenters. The average Bonchev–Trinajstić information content (AvgIpc) is 3.14. The van der Waals surface area contributed by atoms with Crippen molar-refractivity contribution in [2.45, 2.75) is 59.8 Å². The largest absolute Gasteiger partial charge is 0.508 e. The molecule has 0 fully saturated rings. The normalized spacial score (nSPS) is 11.7. The fourth-order valence-electron chi connectivity index (χ4n) is 6.60. The van der Waals surface area contributed by atoms with E-state index in [1.54, 1.807) is 18.2 Å². The Kier molecular flexibility index (Phi) is 14.8. The van der Waals surface area contributed by atoms with Gasteiger partial charge in [-0.1, -0.05) is 78.9 Å². The minimum atomic E-state index is -0.436. The maximum absolute atomic E-state index is 11.2. The lowest BCUT2D eigenvalue weighted by Gasteiger charge is -2.29. The van der Waals surface area contributed by atoms with Crippen molar-refractivity contribution in [1.29, 1.82) is 0 Å². The Labute approximate surface area is 314 Å². The van der Waals surface area contributed by atoms with Gasteiger partial charge in [0.25, 0.3) is 0 Å². The van der Waals surface area contributed by atoms with E-state index < -0.39 is 11.6 Å². The predicted molar refractivity (Wildman–Crippen MR) is 212 cm³/mol. The molecule has 0 radical (unpaired) electrons. The Bertz CT molecular complexity index is 2180. The van der Waals surface area contributed by atoms with E-state index in [1.807, 2.05) is 57.2 Å². The monoisotopic (exact) mass is 722 g/mol. The molecular formula is C43H42N6O5-2. The molecule has 5 aromatic carbocycles. The number of allylic oxidation sites excluding steroid dienone is 1. The summed E-state index contributed by atoms with van der Waals surface area (Å²) in [6.07, 6.45) is 3.77. The van der Waals surface area contributed by atoms with Crippen LogP contribution in [0.15, 0.2) is 97.1 Å². The molecule has 11 nitrogen and oxygen atoms in total. The van der Waals surface area contributed by atoms with E-state index in [9.17, 15) is 24.9 Å². The van der Waals surface area contributed by atoms with Crippen molar-refractivity contribution in [2.24, 2.45) is 0 Å². The summed E-state index contributed by atoms with van der Waals surface area (Å²) in [5.41, 5.74) is 38.8. The van der Waals surface area contributed by atoms with Gasteiger partial charge in [0.15, 0.2) is 0 Å². The zero-order chi connectivity index (χ0) is 40.1. The molecule has 0 saturated carbocycles. The van der Waals surface area contributed by atoms with E-state index in [1.165, 1.54) is 38.2 Å². The lowest BCUT2D eigenvalue weighted by molar-refractivity contribution is -0.110. The van der Waals surface area contributed by atoms with Gasteiger partial charge in [-0.25, -0.2) is 0 Å². The summed E-state index contributed by atoms with van der Waals surface area (Å²) in [7, 11) is 0. The number of ketones is 2. The van der Waals surface area contributed by atoms with E-state index in [0.29, 0.717) is 22.8 Å². The molecule has 1 unspecified atom stereocenters. The van der Waals surface area contributed by atoms with Crippen LogP contribution in [0.25, 0.3) is 38.0 Å². The minimum absolute atomic E-state index is 0.0299. The molecule has 0 spiro atoms. The van der Waals surface area contributed by atoms with Crippen molar-refractivity contribution in [2.75, 3.05) is 0 Å². The molecule has 0 saturated heterocycles. The minimum Gasteiger partial charge on any atom is -0.508 e. The van der Waals surface area contributed by atoms with Gasteiger partial charge < -0.3 is 37.4 Å². The lowest BCUT2D eigenvalue weighted by Crippen LogP contribution is -2.15. The number of Topliss-reactive ketones (excluding diaryl/α,β-unsaturated/α-hetero) is 1. The molecular weight excluding hydrogens is 681 g/mol. The second-order valence-corrected chi connectivity index (χ2v) is 13.0. The second kappa shape index (κ2) is 19.2. The molecule has 3 N–H and O–H groups in total. The van der Waals surface area contributed by atoms with Crippen molar-refractivity contribution in [3.05, 3.63) is 196 Å². The smallest absolute Gasteiger partial charge is 0.233 e. The number of fused-ring (bicyclic) bond motifs is 1. The van der Waals surface area contributed by atoms with Crippen LogP contribution in [0.4, 0.5) is 0 Å². The summed E-state index contributed by atoms with van der Waals surface area (Å²) in [5, 5.41) is 31.1. The van der Waals surface area contributed by atoms with Crippen LogP contribution in [-0.4, -0.2) is 26.9 Å². The van der Waals surface area contributed by atoms with E-state index in [-0.39, 0.29) is 11.8 Å². The fraction of sp³-hybridized carbons (Fsp3) is 0.209. The summed E-state index contributed by atoms with van der Waals surface area (Å²) in [4.78, 5) is 25.1. The van der Waals surface area contributed by atoms with Crippen molar-refractivity contribution in [1.82, 2.24) is 0 Å². The summed E-state index contributed by atoms with van der Waals surface area (Å²) < 4.78 is 0. The Morgan fingerprint density at radius 1 is 0.519 bits per heavy atom. The summed E-state index contributed by atoms with van der Waals surface area (Å²) in [6, 6.07) is 29.5. The van der Waals surface area contributed by atoms with Gasteiger partial charge in [0, 0.05) is 17.4 Å². The van der Waals surface area contributed by atoms with E-state index >= 15 is 0 Å². The molecule has 0 bridgehead atoms. The third-order valence-corrected chi connectivity index (χ3v) is 9.40. The maximum atomic E-state index is 11.2. The Balaban J connectivity index is 0.000000358. The number of phenolic OH excluding ortho intramolecular Hbond substituents is 3. The van der Waals surface area contributed by atoms with Crippen LogP contribution in [0.5, 0.6) is 17.2 Å². The Morgan fingerprint density at radius 3 is 1.35 bits per heavy atom. The van der Waals surface area contributed by atoms with Gasteiger partial charge in [0.1, 0.15) is 17.2 Å². The summed E-state index contributed by atoms with van der Waals surface area (Å²) >= 11 is 0. The first-order chi connectivity index (χ1) is 25.7. The van der Waals surface area contributed by atoms with Crippen LogP contribution in [0.1, 0.15) is 89.8 Å². The number of aromatic hydroxyl groups is 3. The number of hydrogen-bond acceptors (Lipinski definition) is 5. The van der Waals surface area contributed by atoms with Crippen LogP contribution < -0.4 is 0 Å². The molecule has 1 aliphatic carbocycles. The molecule has 54 heavy (non-hydrogen) atoms. The number of phenols is 3. The quantitative estimate of drug-likeness (QED) is 0.0673. The molecule has 6 rings (SSSR count). The third-order valence-electron chi connectivity index (χ3n) is 9.40. The van der Waals surface area contributed by atoms with Crippen LogP contribution >= 0.6 is 0 Å². The summed E-state index contributed by atoms with van der Waals surface area (Å²) in [6.45, 7) is 12.0. The maximum Gasteiger partial charge on any atom is 0.233 e. The highest BCUT2D eigenvalue weighted by Crippen LogP contribution is 2.44. The van der Waals surface area contributed by atoms with E-state index in [2.05, 4.69) is 63.2 Å². The van der Waals surface area contributed by atoms with Gasteiger partial charge in [-0.05, 0) is 133 Å². The molecule has 0 aliphatic heterocycles. The number of benzene rings is 5. The van der Waals surface area contributed by atoms with Crippen molar-refractivity contribution in [3.8, 4) is 17.2 Å². The molecule has 5 aromatic rings. The van der Waals surface area contributed by atoms with Gasteiger partial charge >= 0.3 is 0 Å². The standard InChI is InChI=1S/C33H36O3.C10H6O2.2N3/c1-19-15-31(34)22(4)12-26(19)29(25-10-8-7-9-11-25)18-30(27-13-23(5)32(35)16-20(27)2)28-14-24(6)33(36)17-21(28)3;11-9-6-5-7-3-1-2-4-8(7)10(9)12;2*1-3-2/h7-17,29-30,34-36H,18H2,1-6H3;1-6H;;/q;;2*-1. The molecule has 1 aliphatic rings. The van der Waals surface area contributed by atoms with E-state index in [4.69, 9.17) is 22.1 Å². The Morgan fingerprint density at radius 2 is 0.907 bits per heavy atom. The second-order valence-electron chi connectivity index (χ2n) is 13.0. The first kappa shape index (κ1) is 41.6. The average molecular weight is 723 g/mol. The van der Waals surface area contributed by atoms with Gasteiger partial charge in [-0.15, -0.1) is 0 Å². The van der Waals surface area contributed by atoms with E-state index in [0.717, 1.165) is 45.4 Å². The highest BCUT2D eigenvalue weighted by Gasteiger charge is 2.27. The molecule has 11 heteroatoms. The highest BCUT2D eigenvalue weighted by atomic mass is 16.3. The molecule has 276 valence electrons. The van der Waals surface area contributed by atoms with Crippen LogP contribution in [0, 0.1) is 41.5 Å². The predicted octanol–water partition coefficient (Wildman–Crippen LogP) is 11.2. The third kappa shape index (κ3) is 10.2. The molecule has 0 heterocycles. The SMILES string of the molecule is Cc1cc(C(CC(c2cc(C)c(O)cc2C)c2cc(C)c(O)cc2C)c2ccccc2)c(C)cc1O.O=C1C=Cc2ccccc2C1=O.[N-]=[N+]=[N-].[N-]=[N+]=[N-]. The zero-order valence-electron chi connectivity index (χ0n) is 31.0. The summed E-state index contributed by atoms with van der Waals surface area (Å²) in [5.74, 6) is 0.188. The van der Waals surface area contributed by atoms with Crippen molar-refractivity contribution >= 4 is 17.6 Å². The van der Waals surface area contributed by atoms with Gasteiger partial charge in [-0.3, -0.25) is 19.4 Å². The number of aryl methyl sites for hydroxylation is 6. The topological polar surface area (TPSA) is 212 Å². The van der Waals surface area contributed by atoms with Gasteiger partial charge in [0.2, 0.25) is 11.6 Å². The number of carbonyl (C=O) groups excluding carboxylic acids is 2. The lowest BCUT2D eigenvalue weighted by atomic mass is 9.74. The number of carbonyl (C=O) groups is 2. The van der Waals surface area contributed by atoms with Gasteiger partial charge in [0.05, 0.1) is 0 Å². The first-order valence-electron chi connectivity index (χ1n) is 17.0. The van der Waals surface area contributed by atoms with Crippen molar-refractivity contribution in [3.63, 3.8) is 0 Å². The number of rotatable bonds is 6. The molecule has 0 aromatic heterocycles. The number of hydrogen-bond donors (Lipinski definition) is 3. The van der Waals surface area contributed by atoms with Crippen LogP contribution in [0.3, 0.4) is 0 Å². The highest BCUT2D eigenvalue weighted by molar-refractivity contribution is 6.49. The van der Waals surface area contributed by atoms with Crippen molar-refractivity contribution < 1.29 is 24.9 Å². The fourth-order valence-corrected chi connectivity index (χ4v) is 6.60.